The molecule has 0 saturated heterocycles. The maximum Gasteiger partial charge on any atom is 0.371 e. The molecule has 0 aliphatic heterocycles. The van der Waals surface area contributed by atoms with Crippen LogP contribution in [-0.2, 0) is 6.61 Å². The zero-order valence-electron chi connectivity index (χ0n) is 10.6. The number of nitrogens with zero attached hydrogens (tertiary/aromatic N) is 1. The molecule has 0 atom stereocenters. The monoisotopic (exact) mass is 273 g/mol. The number of hydrogen-bond acceptors (Lipinski definition) is 5. The van der Waals surface area contributed by atoms with Gasteiger partial charge in [-0.15, -0.1) is 0 Å². The summed E-state index contributed by atoms with van der Waals surface area (Å²) in [7, 11) is 0. The number of aromatic carboxylic acids is 1. The van der Waals surface area contributed by atoms with Crippen molar-refractivity contribution < 1.29 is 23.5 Å². The first kappa shape index (κ1) is 12.3. The average Bonchev–Trinajstić information content (AvgIpc) is 3.00. The first-order valence-electron chi connectivity index (χ1n) is 5.94. The van der Waals surface area contributed by atoms with Gasteiger partial charge in [0.25, 0.3) is 0 Å². The lowest BCUT2D eigenvalue weighted by atomic mass is 10.3. The van der Waals surface area contributed by atoms with E-state index in [0.29, 0.717) is 23.0 Å². The van der Waals surface area contributed by atoms with Crippen LogP contribution in [0.1, 0.15) is 22.2 Å². The van der Waals surface area contributed by atoms with Crippen LogP contribution in [-0.4, -0.2) is 16.1 Å². The normalized spacial score (nSPS) is 10.8. The molecule has 3 aromatic rings. The molecule has 2 heterocycles. The summed E-state index contributed by atoms with van der Waals surface area (Å²) in [6.45, 7) is 1.92. The number of aryl methyl sites for hydroxylation is 1. The Labute approximate surface area is 113 Å². The van der Waals surface area contributed by atoms with Crippen LogP contribution in [0.2, 0.25) is 0 Å². The van der Waals surface area contributed by atoms with E-state index in [4.69, 9.17) is 18.7 Å². The highest BCUT2D eigenvalue weighted by Gasteiger charge is 2.10. The van der Waals surface area contributed by atoms with Crippen molar-refractivity contribution in [3.05, 3.63) is 47.7 Å². The highest BCUT2D eigenvalue weighted by atomic mass is 16.5. The minimum absolute atomic E-state index is 0.107. The summed E-state index contributed by atoms with van der Waals surface area (Å²) >= 11 is 0. The van der Waals surface area contributed by atoms with E-state index in [2.05, 4.69) is 4.98 Å². The molecule has 0 fully saturated rings. The van der Waals surface area contributed by atoms with Crippen LogP contribution in [0, 0.1) is 6.92 Å². The molecule has 0 radical (unpaired) electrons. The minimum atomic E-state index is -1.10. The Morgan fingerprint density at radius 3 is 2.90 bits per heavy atom. The molecule has 0 bridgehead atoms. The molecular formula is C14H11NO5. The Bertz CT molecular complexity index is 771. The molecule has 0 spiro atoms. The van der Waals surface area contributed by atoms with Crippen molar-refractivity contribution in [1.29, 1.82) is 0 Å². The number of carboxylic acids is 1. The van der Waals surface area contributed by atoms with E-state index in [9.17, 15) is 4.79 Å². The number of carboxylic acid groups (broad SMARTS) is 1. The van der Waals surface area contributed by atoms with Crippen molar-refractivity contribution in [3.8, 4) is 5.75 Å². The molecule has 0 amide bonds. The molecule has 102 valence electrons. The summed E-state index contributed by atoms with van der Waals surface area (Å²) in [5.41, 5.74) is 1.41. The number of carbonyl (C=O) groups is 1. The van der Waals surface area contributed by atoms with Crippen molar-refractivity contribution >= 4 is 17.1 Å². The van der Waals surface area contributed by atoms with Crippen LogP contribution < -0.4 is 4.74 Å². The number of fused-ring (bicyclic) bond motifs is 1. The van der Waals surface area contributed by atoms with E-state index >= 15 is 0 Å². The van der Waals surface area contributed by atoms with Gasteiger partial charge in [0.15, 0.2) is 11.5 Å². The van der Waals surface area contributed by atoms with Gasteiger partial charge in [-0.25, -0.2) is 9.78 Å². The number of hydrogen-bond donors (Lipinski definition) is 1. The molecule has 0 aliphatic carbocycles. The molecule has 1 aromatic carbocycles. The lowest BCUT2D eigenvalue weighted by Gasteiger charge is -2.03. The van der Waals surface area contributed by atoms with Gasteiger partial charge < -0.3 is 18.7 Å². The Kier molecular flexibility index (Phi) is 2.90. The highest BCUT2D eigenvalue weighted by Crippen LogP contribution is 2.22. The van der Waals surface area contributed by atoms with E-state index in [1.54, 1.807) is 31.2 Å². The topological polar surface area (TPSA) is 85.7 Å². The summed E-state index contributed by atoms with van der Waals surface area (Å²) in [4.78, 5) is 14.9. The smallest absolute Gasteiger partial charge is 0.371 e. The van der Waals surface area contributed by atoms with Gasteiger partial charge in [-0.1, -0.05) is 0 Å². The van der Waals surface area contributed by atoms with E-state index in [1.807, 2.05) is 0 Å². The molecule has 0 unspecified atom stereocenters. The SMILES string of the molecule is Cc1nc2ccc(OCc3ccc(C(=O)O)o3)cc2o1. The Hall–Kier alpha value is -2.76. The van der Waals surface area contributed by atoms with Gasteiger partial charge in [0.2, 0.25) is 5.76 Å². The van der Waals surface area contributed by atoms with Crippen LogP contribution in [0.4, 0.5) is 0 Å². The molecule has 0 saturated carbocycles. The fraction of sp³-hybridized carbons (Fsp3) is 0.143. The summed E-state index contributed by atoms with van der Waals surface area (Å²) in [6, 6.07) is 8.26. The van der Waals surface area contributed by atoms with Gasteiger partial charge in [0.05, 0.1) is 0 Å². The number of furan rings is 1. The van der Waals surface area contributed by atoms with Crippen LogP contribution >= 0.6 is 0 Å². The number of oxazole rings is 1. The van der Waals surface area contributed by atoms with E-state index < -0.39 is 5.97 Å². The number of aromatic nitrogens is 1. The number of rotatable bonds is 4. The molecule has 3 rings (SSSR count). The van der Waals surface area contributed by atoms with Crippen LogP contribution in [0.25, 0.3) is 11.1 Å². The molecular weight excluding hydrogens is 262 g/mol. The third kappa shape index (κ3) is 2.35. The fourth-order valence-electron chi connectivity index (χ4n) is 1.83. The van der Waals surface area contributed by atoms with Crippen LogP contribution in [0.15, 0.2) is 39.2 Å². The second-order valence-corrected chi connectivity index (χ2v) is 4.22. The van der Waals surface area contributed by atoms with E-state index in [0.717, 1.165) is 5.52 Å². The standard InChI is InChI=1S/C14H11NO5/c1-8-15-11-4-2-9(6-13(11)19-8)18-7-10-3-5-12(20-10)14(16)17/h2-6H,7H2,1H3,(H,16,17). The zero-order chi connectivity index (χ0) is 14.1. The van der Waals surface area contributed by atoms with E-state index in [1.165, 1.54) is 6.07 Å². The van der Waals surface area contributed by atoms with Crippen molar-refractivity contribution in [2.45, 2.75) is 13.5 Å². The van der Waals surface area contributed by atoms with Crippen LogP contribution in [0.3, 0.4) is 0 Å². The summed E-state index contributed by atoms with van der Waals surface area (Å²) in [5.74, 6) is 0.423. The maximum absolute atomic E-state index is 10.7. The summed E-state index contributed by atoms with van der Waals surface area (Å²) < 4.78 is 16.0. The van der Waals surface area contributed by atoms with Gasteiger partial charge in [-0.3, -0.25) is 0 Å². The number of benzene rings is 1. The molecule has 20 heavy (non-hydrogen) atoms. The highest BCUT2D eigenvalue weighted by molar-refractivity contribution is 5.84. The molecule has 1 N–H and O–H groups in total. The van der Waals surface area contributed by atoms with Gasteiger partial charge in [0, 0.05) is 13.0 Å². The predicted molar refractivity (Wildman–Crippen MR) is 68.7 cm³/mol. The minimum Gasteiger partial charge on any atom is -0.486 e. The zero-order valence-corrected chi connectivity index (χ0v) is 10.6. The summed E-state index contributed by atoms with van der Waals surface area (Å²) in [6.07, 6.45) is 0. The molecule has 0 aliphatic rings. The third-order valence-electron chi connectivity index (χ3n) is 2.72. The second-order valence-electron chi connectivity index (χ2n) is 4.22. The van der Waals surface area contributed by atoms with Crippen molar-refractivity contribution in [3.63, 3.8) is 0 Å². The van der Waals surface area contributed by atoms with Crippen LogP contribution in [0.5, 0.6) is 5.75 Å². The lowest BCUT2D eigenvalue weighted by Crippen LogP contribution is -1.95. The quantitative estimate of drug-likeness (QED) is 0.786. The fourth-order valence-corrected chi connectivity index (χ4v) is 1.83. The van der Waals surface area contributed by atoms with E-state index in [-0.39, 0.29) is 12.4 Å². The van der Waals surface area contributed by atoms with Crippen molar-refractivity contribution in [2.75, 3.05) is 0 Å². The van der Waals surface area contributed by atoms with Gasteiger partial charge in [0.1, 0.15) is 23.6 Å². The number of ether oxygens (including phenoxy) is 1. The third-order valence-corrected chi connectivity index (χ3v) is 2.72. The lowest BCUT2D eigenvalue weighted by molar-refractivity contribution is 0.0658. The summed E-state index contributed by atoms with van der Waals surface area (Å²) in [5, 5.41) is 8.75. The maximum atomic E-state index is 10.7. The first-order chi connectivity index (χ1) is 9.61. The Morgan fingerprint density at radius 2 is 2.15 bits per heavy atom. The Morgan fingerprint density at radius 1 is 1.30 bits per heavy atom. The molecule has 2 aromatic heterocycles. The Balaban J connectivity index is 1.73. The van der Waals surface area contributed by atoms with Gasteiger partial charge in [-0.05, 0) is 24.3 Å². The van der Waals surface area contributed by atoms with Gasteiger partial charge in [-0.2, -0.15) is 0 Å². The first-order valence-corrected chi connectivity index (χ1v) is 5.94. The largest absolute Gasteiger partial charge is 0.486 e. The van der Waals surface area contributed by atoms with Crippen molar-refractivity contribution in [1.82, 2.24) is 4.98 Å². The molecule has 6 heteroatoms. The van der Waals surface area contributed by atoms with Gasteiger partial charge >= 0.3 is 5.97 Å². The second kappa shape index (κ2) is 4.73. The predicted octanol–water partition coefficient (Wildman–Crippen LogP) is 3.01. The average molecular weight is 273 g/mol. The molecule has 6 nitrogen and oxygen atoms in total. The van der Waals surface area contributed by atoms with Crippen molar-refractivity contribution in [2.24, 2.45) is 0 Å².